The number of amides is 1. The van der Waals surface area contributed by atoms with Crippen LogP contribution < -0.4 is 5.32 Å². The van der Waals surface area contributed by atoms with Crippen LogP contribution >= 0.6 is 0 Å². The lowest BCUT2D eigenvalue weighted by atomic mass is 10.2. The highest BCUT2D eigenvalue weighted by Crippen LogP contribution is 2.10. The molecule has 0 aromatic heterocycles. The molecule has 0 atom stereocenters. The third-order valence-corrected chi connectivity index (χ3v) is 1.72. The Labute approximate surface area is 103 Å². The van der Waals surface area contributed by atoms with Crippen LogP contribution in [0.15, 0.2) is 0 Å². The summed E-state index contributed by atoms with van der Waals surface area (Å²) in [6.45, 7) is 10.5. The molecule has 0 spiro atoms. The third-order valence-electron chi connectivity index (χ3n) is 1.72. The molecule has 1 amide bonds. The van der Waals surface area contributed by atoms with Gasteiger partial charge in [-0.1, -0.05) is 0 Å². The summed E-state index contributed by atoms with van der Waals surface area (Å²) in [7, 11) is 0. The first kappa shape index (κ1) is 15.9. The van der Waals surface area contributed by atoms with Crippen molar-refractivity contribution in [1.82, 2.24) is 5.32 Å². The fourth-order valence-electron chi connectivity index (χ4n) is 1.04. The van der Waals surface area contributed by atoms with E-state index < -0.39 is 17.4 Å². The first-order valence-corrected chi connectivity index (χ1v) is 5.66. The molecular weight excluding hydrogens is 222 g/mol. The fourth-order valence-corrected chi connectivity index (χ4v) is 1.04. The average molecular weight is 245 g/mol. The third kappa shape index (κ3) is 9.81. The lowest BCUT2D eigenvalue weighted by molar-refractivity contribution is -0.119. The van der Waals surface area contributed by atoms with Crippen molar-refractivity contribution in [3.05, 3.63) is 0 Å². The maximum Gasteiger partial charge on any atom is 0.409 e. The number of carbonyl (C=O) groups excluding carboxylic acids is 2. The Bertz CT molecular complexity index is 279. The van der Waals surface area contributed by atoms with Crippen molar-refractivity contribution in [2.24, 2.45) is 0 Å². The van der Waals surface area contributed by atoms with Gasteiger partial charge in [0.25, 0.3) is 0 Å². The van der Waals surface area contributed by atoms with Gasteiger partial charge in [-0.05, 0) is 41.5 Å². The smallest absolute Gasteiger partial charge is 0.409 e. The molecule has 17 heavy (non-hydrogen) atoms. The molecule has 5 heteroatoms. The molecule has 0 heterocycles. The van der Waals surface area contributed by atoms with Gasteiger partial charge in [0.15, 0.2) is 0 Å². The van der Waals surface area contributed by atoms with Crippen molar-refractivity contribution in [3.63, 3.8) is 0 Å². The number of Topliss-reactive ketones (excluding diaryl/α,β-unsaturated/α-hetero) is 1. The number of rotatable bonds is 5. The molecular formula is C12H23NO4. The molecule has 0 unspecified atom stereocenters. The second kappa shape index (κ2) is 6.00. The normalized spacial score (nSPS) is 12.1. The van der Waals surface area contributed by atoms with Crippen molar-refractivity contribution in [3.8, 4) is 0 Å². The van der Waals surface area contributed by atoms with Gasteiger partial charge in [-0.15, -0.1) is 0 Å². The molecule has 0 fully saturated rings. The molecule has 0 aromatic rings. The molecule has 5 nitrogen and oxygen atoms in total. The second-order valence-electron chi connectivity index (χ2n) is 5.44. The van der Waals surface area contributed by atoms with Gasteiger partial charge < -0.3 is 9.47 Å². The zero-order chi connectivity index (χ0) is 13.7. The first-order valence-electron chi connectivity index (χ1n) is 5.66. The van der Waals surface area contributed by atoms with E-state index >= 15 is 0 Å². The van der Waals surface area contributed by atoms with Crippen LogP contribution in [0.25, 0.3) is 0 Å². The number of ether oxygens (including phenoxy) is 2. The van der Waals surface area contributed by atoms with Crippen LogP contribution in [-0.4, -0.2) is 29.8 Å². The zero-order valence-corrected chi connectivity index (χ0v) is 11.5. The minimum Gasteiger partial charge on any atom is -0.444 e. The zero-order valence-electron chi connectivity index (χ0n) is 11.5. The Hall–Kier alpha value is -1.10. The van der Waals surface area contributed by atoms with Gasteiger partial charge in [0, 0.05) is 6.42 Å². The van der Waals surface area contributed by atoms with E-state index in [1.54, 1.807) is 34.6 Å². The molecule has 0 saturated carbocycles. The second-order valence-corrected chi connectivity index (χ2v) is 5.44. The van der Waals surface area contributed by atoms with E-state index in [1.807, 2.05) is 0 Å². The van der Waals surface area contributed by atoms with E-state index in [1.165, 1.54) is 6.92 Å². The van der Waals surface area contributed by atoms with Crippen molar-refractivity contribution >= 4 is 11.9 Å². The Balaban J connectivity index is 4.07. The molecule has 0 radical (unpaired) electrons. The van der Waals surface area contributed by atoms with E-state index in [4.69, 9.17) is 9.47 Å². The largest absolute Gasteiger partial charge is 0.444 e. The van der Waals surface area contributed by atoms with Crippen molar-refractivity contribution < 1.29 is 19.1 Å². The van der Waals surface area contributed by atoms with Gasteiger partial charge in [0.2, 0.25) is 0 Å². The van der Waals surface area contributed by atoms with Crippen molar-refractivity contribution in [2.45, 2.75) is 59.3 Å². The average Bonchev–Trinajstić information content (AvgIpc) is 1.96. The van der Waals surface area contributed by atoms with E-state index in [9.17, 15) is 9.59 Å². The molecule has 0 rings (SSSR count). The Morgan fingerprint density at radius 1 is 1.12 bits per heavy atom. The number of ketones is 1. The summed E-state index contributed by atoms with van der Waals surface area (Å²) in [6.07, 6.45) is -0.204. The number of hydrogen-bond acceptors (Lipinski definition) is 4. The summed E-state index contributed by atoms with van der Waals surface area (Å²) >= 11 is 0. The van der Waals surface area contributed by atoms with Crippen LogP contribution in [0.4, 0.5) is 4.79 Å². The van der Waals surface area contributed by atoms with Crippen molar-refractivity contribution in [2.75, 3.05) is 6.61 Å². The van der Waals surface area contributed by atoms with E-state index in [0.29, 0.717) is 6.42 Å². The SMILES string of the molecule is CC(=O)CCOC(C)(C)NC(=O)OC(C)(C)C. The van der Waals surface area contributed by atoms with Gasteiger partial charge in [-0.25, -0.2) is 4.79 Å². The fraction of sp³-hybridized carbons (Fsp3) is 0.833. The Morgan fingerprint density at radius 2 is 1.65 bits per heavy atom. The molecule has 0 aliphatic rings. The van der Waals surface area contributed by atoms with Crippen LogP contribution in [-0.2, 0) is 14.3 Å². The minimum atomic E-state index is -0.849. The monoisotopic (exact) mass is 245 g/mol. The molecule has 1 N–H and O–H groups in total. The molecule has 0 aliphatic carbocycles. The maximum atomic E-state index is 11.5. The maximum absolute atomic E-state index is 11.5. The number of carbonyl (C=O) groups is 2. The predicted molar refractivity (Wildman–Crippen MR) is 64.7 cm³/mol. The summed E-state index contributed by atoms with van der Waals surface area (Å²) < 4.78 is 10.5. The van der Waals surface area contributed by atoms with Crippen LogP contribution in [0.2, 0.25) is 0 Å². The Kier molecular flexibility index (Phi) is 5.61. The highest BCUT2D eigenvalue weighted by atomic mass is 16.6. The molecule has 0 aliphatic heterocycles. The highest BCUT2D eigenvalue weighted by molar-refractivity contribution is 5.75. The van der Waals surface area contributed by atoms with Crippen molar-refractivity contribution in [1.29, 1.82) is 0 Å². The van der Waals surface area contributed by atoms with E-state index in [2.05, 4.69) is 5.32 Å². The lowest BCUT2D eigenvalue weighted by Crippen LogP contribution is -2.47. The molecule has 0 bridgehead atoms. The van der Waals surface area contributed by atoms with Crippen LogP contribution in [0.3, 0.4) is 0 Å². The summed E-state index contributed by atoms with van der Waals surface area (Å²) in [5.41, 5.74) is -1.39. The number of nitrogens with one attached hydrogen (secondary N) is 1. The van der Waals surface area contributed by atoms with Gasteiger partial charge in [0.05, 0.1) is 6.61 Å². The van der Waals surface area contributed by atoms with E-state index in [0.717, 1.165) is 0 Å². The standard InChI is InChI=1S/C12H23NO4/c1-9(14)7-8-16-12(5,6)13-10(15)17-11(2,3)4/h7-8H2,1-6H3,(H,13,15). The van der Waals surface area contributed by atoms with Gasteiger partial charge in [0.1, 0.15) is 17.1 Å². The van der Waals surface area contributed by atoms with Crippen LogP contribution in [0.1, 0.15) is 48.0 Å². The summed E-state index contributed by atoms with van der Waals surface area (Å²) in [5.74, 6) is 0.0538. The van der Waals surface area contributed by atoms with Crippen LogP contribution in [0.5, 0.6) is 0 Å². The molecule has 100 valence electrons. The summed E-state index contributed by atoms with van der Waals surface area (Å²) in [5, 5.41) is 2.59. The topological polar surface area (TPSA) is 64.6 Å². The first-order chi connectivity index (χ1) is 7.52. The predicted octanol–water partition coefficient (Wildman–Crippen LogP) is 2.24. The lowest BCUT2D eigenvalue weighted by Gasteiger charge is -2.28. The molecule has 0 aromatic carbocycles. The number of alkyl carbamates (subject to hydrolysis) is 1. The van der Waals surface area contributed by atoms with Gasteiger partial charge in [-0.2, -0.15) is 0 Å². The summed E-state index contributed by atoms with van der Waals surface area (Å²) in [4.78, 5) is 22.2. The minimum absolute atomic E-state index is 0.0538. The van der Waals surface area contributed by atoms with Gasteiger partial charge in [-0.3, -0.25) is 10.1 Å². The Morgan fingerprint density at radius 3 is 2.06 bits per heavy atom. The van der Waals surface area contributed by atoms with Gasteiger partial charge >= 0.3 is 6.09 Å². The quantitative estimate of drug-likeness (QED) is 0.754. The summed E-state index contributed by atoms with van der Waals surface area (Å²) in [6, 6.07) is 0. The highest BCUT2D eigenvalue weighted by Gasteiger charge is 2.24. The van der Waals surface area contributed by atoms with Crippen LogP contribution in [0, 0.1) is 0 Å². The molecule has 0 saturated heterocycles. The van der Waals surface area contributed by atoms with E-state index in [-0.39, 0.29) is 12.4 Å². The number of hydrogen-bond donors (Lipinski definition) is 1.